The van der Waals surface area contributed by atoms with E-state index >= 15 is 0 Å². The number of rotatable bonds is 6. The van der Waals surface area contributed by atoms with E-state index in [1.165, 1.54) is 34.6 Å². The van der Waals surface area contributed by atoms with Gasteiger partial charge in [0.25, 0.3) is 0 Å². The molecule has 0 saturated carbocycles. The Morgan fingerprint density at radius 2 is 1.64 bits per heavy atom. The number of aliphatic hydroxyl groups excluding tert-OH is 1. The Labute approximate surface area is 128 Å². The van der Waals surface area contributed by atoms with Crippen LogP contribution < -0.4 is 18.9 Å². The van der Waals surface area contributed by atoms with Gasteiger partial charge >= 0.3 is 6.01 Å². The number of nitrogens with zero attached hydrogens (tertiary/aromatic N) is 2. The van der Waals surface area contributed by atoms with Crippen LogP contribution in [-0.2, 0) is 0 Å². The second-order valence-electron chi connectivity index (χ2n) is 4.29. The van der Waals surface area contributed by atoms with E-state index in [9.17, 15) is 5.11 Å². The fourth-order valence-electron chi connectivity index (χ4n) is 2.10. The molecule has 1 aromatic heterocycles. The zero-order chi connectivity index (χ0) is 16.1. The Balaban J connectivity index is 2.50. The van der Waals surface area contributed by atoms with Gasteiger partial charge in [0.15, 0.2) is 11.5 Å². The van der Waals surface area contributed by atoms with Gasteiger partial charge in [-0.3, -0.25) is 0 Å². The van der Waals surface area contributed by atoms with Crippen molar-refractivity contribution in [1.29, 1.82) is 0 Å². The van der Waals surface area contributed by atoms with Crippen LogP contribution in [0, 0.1) is 0 Å². The second kappa shape index (κ2) is 6.95. The van der Waals surface area contributed by atoms with Crippen LogP contribution in [-0.4, -0.2) is 43.5 Å². The number of ether oxygens (including phenoxy) is 4. The topological polar surface area (TPSA) is 82.9 Å². The minimum atomic E-state index is -1.02. The van der Waals surface area contributed by atoms with Crippen molar-refractivity contribution in [3.05, 3.63) is 35.7 Å². The second-order valence-corrected chi connectivity index (χ2v) is 4.29. The van der Waals surface area contributed by atoms with Crippen molar-refractivity contribution in [2.24, 2.45) is 0 Å². The van der Waals surface area contributed by atoms with Crippen molar-refractivity contribution in [3.63, 3.8) is 0 Å². The number of hydrogen-bond acceptors (Lipinski definition) is 7. The largest absolute Gasteiger partial charge is 0.493 e. The van der Waals surface area contributed by atoms with Crippen LogP contribution in [0.1, 0.15) is 17.4 Å². The molecule has 1 N–H and O–H groups in total. The summed E-state index contributed by atoms with van der Waals surface area (Å²) in [7, 11) is 5.99. The van der Waals surface area contributed by atoms with Crippen LogP contribution in [0.25, 0.3) is 0 Å². The summed E-state index contributed by atoms with van der Waals surface area (Å²) in [4.78, 5) is 8.05. The van der Waals surface area contributed by atoms with Crippen molar-refractivity contribution < 1.29 is 24.1 Å². The molecule has 7 nitrogen and oxygen atoms in total. The zero-order valence-corrected chi connectivity index (χ0v) is 12.9. The molecule has 1 heterocycles. The van der Waals surface area contributed by atoms with Crippen LogP contribution in [0.4, 0.5) is 0 Å². The molecule has 2 rings (SSSR count). The molecule has 7 heteroatoms. The Hall–Kier alpha value is -2.54. The Kier molecular flexibility index (Phi) is 5.00. The first-order valence-corrected chi connectivity index (χ1v) is 6.50. The average molecular weight is 306 g/mol. The third kappa shape index (κ3) is 2.89. The van der Waals surface area contributed by atoms with Crippen molar-refractivity contribution >= 4 is 0 Å². The lowest BCUT2D eigenvalue weighted by molar-refractivity contribution is 0.205. The van der Waals surface area contributed by atoms with Gasteiger partial charge in [0.1, 0.15) is 6.10 Å². The Morgan fingerprint density at radius 1 is 0.909 bits per heavy atom. The minimum Gasteiger partial charge on any atom is -0.493 e. The summed E-state index contributed by atoms with van der Waals surface area (Å²) >= 11 is 0. The van der Waals surface area contributed by atoms with E-state index in [0.29, 0.717) is 28.5 Å². The van der Waals surface area contributed by atoms with Crippen LogP contribution >= 0.6 is 0 Å². The monoisotopic (exact) mass is 306 g/mol. The predicted molar refractivity (Wildman–Crippen MR) is 78.7 cm³/mol. The molecule has 0 spiro atoms. The van der Waals surface area contributed by atoms with Crippen molar-refractivity contribution in [3.8, 4) is 23.3 Å². The fourth-order valence-corrected chi connectivity index (χ4v) is 2.10. The van der Waals surface area contributed by atoms with Gasteiger partial charge < -0.3 is 24.1 Å². The maximum absolute atomic E-state index is 10.6. The molecule has 118 valence electrons. The summed E-state index contributed by atoms with van der Waals surface area (Å²) < 4.78 is 20.9. The maximum Gasteiger partial charge on any atom is 0.316 e. The summed E-state index contributed by atoms with van der Waals surface area (Å²) in [6, 6.07) is 5.16. The zero-order valence-electron chi connectivity index (χ0n) is 12.9. The Bertz CT molecular complexity index is 648. The lowest BCUT2D eigenvalue weighted by Crippen LogP contribution is -2.07. The first-order chi connectivity index (χ1) is 10.7. The lowest BCUT2D eigenvalue weighted by Gasteiger charge is -2.18. The summed E-state index contributed by atoms with van der Waals surface area (Å²) in [5.74, 6) is 1.30. The smallest absolute Gasteiger partial charge is 0.316 e. The van der Waals surface area contributed by atoms with E-state index in [1.54, 1.807) is 18.2 Å². The van der Waals surface area contributed by atoms with Gasteiger partial charge in [0.2, 0.25) is 5.75 Å². The SMILES string of the molecule is COc1nccc(C(O)c2ccc(OC)c(OC)c2OC)n1. The number of hydrogen-bond donors (Lipinski definition) is 1. The average Bonchev–Trinajstić information content (AvgIpc) is 2.59. The quantitative estimate of drug-likeness (QED) is 0.867. The van der Waals surface area contributed by atoms with Crippen LogP contribution in [0.5, 0.6) is 23.3 Å². The van der Waals surface area contributed by atoms with Gasteiger partial charge in [-0.25, -0.2) is 4.98 Å². The number of methoxy groups -OCH3 is 4. The van der Waals surface area contributed by atoms with Gasteiger partial charge in [-0.2, -0.15) is 4.98 Å². The molecule has 22 heavy (non-hydrogen) atoms. The summed E-state index contributed by atoms with van der Waals surface area (Å²) in [6.45, 7) is 0. The molecule has 0 bridgehead atoms. The van der Waals surface area contributed by atoms with Crippen molar-refractivity contribution in [2.75, 3.05) is 28.4 Å². The predicted octanol–water partition coefficient (Wildman–Crippen LogP) is 1.59. The van der Waals surface area contributed by atoms with E-state index in [2.05, 4.69) is 9.97 Å². The van der Waals surface area contributed by atoms with Crippen molar-refractivity contribution in [2.45, 2.75) is 6.10 Å². The fraction of sp³-hybridized carbons (Fsp3) is 0.333. The van der Waals surface area contributed by atoms with E-state index in [1.807, 2.05) is 0 Å². The highest BCUT2D eigenvalue weighted by molar-refractivity contribution is 5.57. The highest BCUT2D eigenvalue weighted by atomic mass is 16.5. The molecule has 0 aliphatic rings. The Morgan fingerprint density at radius 3 is 2.23 bits per heavy atom. The molecule has 1 unspecified atom stereocenters. The summed E-state index contributed by atoms with van der Waals surface area (Å²) in [5.41, 5.74) is 0.887. The van der Waals surface area contributed by atoms with E-state index in [4.69, 9.17) is 18.9 Å². The van der Waals surface area contributed by atoms with Gasteiger partial charge in [-0.05, 0) is 18.2 Å². The van der Waals surface area contributed by atoms with Crippen molar-refractivity contribution in [1.82, 2.24) is 9.97 Å². The maximum atomic E-state index is 10.6. The molecular formula is C15H18N2O5. The third-order valence-corrected chi connectivity index (χ3v) is 3.15. The van der Waals surface area contributed by atoms with E-state index in [0.717, 1.165) is 0 Å². The van der Waals surface area contributed by atoms with E-state index in [-0.39, 0.29) is 6.01 Å². The van der Waals surface area contributed by atoms with Gasteiger partial charge in [0.05, 0.1) is 34.1 Å². The van der Waals surface area contributed by atoms with Crippen LogP contribution in [0.3, 0.4) is 0 Å². The summed E-state index contributed by atoms with van der Waals surface area (Å²) in [6.07, 6.45) is 0.490. The van der Waals surface area contributed by atoms with Gasteiger partial charge in [0, 0.05) is 11.8 Å². The normalized spacial score (nSPS) is 11.7. The molecule has 0 amide bonds. The summed E-state index contributed by atoms with van der Waals surface area (Å²) in [5, 5.41) is 10.6. The van der Waals surface area contributed by atoms with E-state index < -0.39 is 6.10 Å². The number of aromatic nitrogens is 2. The molecule has 1 atom stereocenters. The molecular weight excluding hydrogens is 288 g/mol. The lowest BCUT2D eigenvalue weighted by atomic mass is 10.0. The first kappa shape index (κ1) is 15.8. The number of aliphatic hydroxyl groups is 1. The first-order valence-electron chi connectivity index (χ1n) is 6.50. The van der Waals surface area contributed by atoms with Crippen LogP contribution in [0.15, 0.2) is 24.4 Å². The minimum absolute atomic E-state index is 0.177. The standard InChI is InChI=1S/C15H18N2O5/c1-19-11-6-5-9(13(20-2)14(11)21-3)12(18)10-7-8-16-15(17-10)22-4/h5-8,12,18H,1-4H3. The number of benzene rings is 1. The van der Waals surface area contributed by atoms with Gasteiger partial charge in [-0.15, -0.1) is 0 Å². The van der Waals surface area contributed by atoms with Crippen LogP contribution in [0.2, 0.25) is 0 Å². The molecule has 1 aromatic carbocycles. The molecule has 0 radical (unpaired) electrons. The highest BCUT2D eigenvalue weighted by Gasteiger charge is 2.23. The van der Waals surface area contributed by atoms with Gasteiger partial charge in [-0.1, -0.05) is 0 Å². The molecule has 2 aromatic rings. The molecule has 0 aliphatic carbocycles. The molecule has 0 fully saturated rings. The molecule has 0 saturated heterocycles. The third-order valence-electron chi connectivity index (χ3n) is 3.15. The highest BCUT2D eigenvalue weighted by Crippen LogP contribution is 2.43. The molecule has 0 aliphatic heterocycles.